The summed E-state index contributed by atoms with van der Waals surface area (Å²) < 4.78 is 8.51. The summed E-state index contributed by atoms with van der Waals surface area (Å²) in [6.45, 7) is 4.48. The Labute approximate surface area is 125 Å². The van der Waals surface area contributed by atoms with Crippen LogP contribution in [0, 0.1) is 5.92 Å². The van der Waals surface area contributed by atoms with E-state index in [-0.39, 0.29) is 5.38 Å². The molecule has 0 aromatic carbocycles. The molecule has 1 aliphatic heterocycles. The van der Waals surface area contributed by atoms with Gasteiger partial charge < -0.3 is 9.30 Å². The van der Waals surface area contributed by atoms with Crippen LogP contribution in [-0.4, -0.2) is 27.7 Å². The zero-order valence-electron chi connectivity index (χ0n) is 10.6. The van der Waals surface area contributed by atoms with Gasteiger partial charge in [-0.25, -0.2) is 9.97 Å². The van der Waals surface area contributed by atoms with Gasteiger partial charge in [0.2, 0.25) is 0 Å². The number of ether oxygens (including phenoxy) is 1. The Balaban J connectivity index is 2.05. The molecule has 0 amide bonds. The lowest BCUT2D eigenvalue weighted by Gasteiger charge is -2.13. The molecule has 2 unspecified atom stereocenters. The van der Waals surface area contributed by atoms with Gasteiger partial charge in [-0.3, -0.25) is 0 Å². The Hall–Kier alpha value is -0.650. The number of nitrogens with zero attached hydrogens (tertiary/aromatic N) is 3. The predicted octanol–water partition coefficient (Wildman–Crippen LogP) is 3.53. The summed E-state index contributed by atoms with van der Waals surface area (Å²) in [6.07, 6.45) is 2.89. The number of hydrogen-bond donors (Lipinski definition) is 0. The summed E-state index contributed by atoms with van der Waals surface area (Å²) in [5, 5.41) is -0.129. The molecule has 102 valence electrons. The maximum absolute atomic E-state index is 6.25. The van der Waals surface area contributed by atoms with Gasteiger partial charge in [0.15, 0.2) is 5.65 Å². The first-order valence-electron chi connectivity index (χ1n) is 6.38. The topological polar surface area (TPSA) is 39.9 Å². The summed E-state index contributed by atoms with van der Waals surface area (Å²) >= 11 is 9.68. The highest BCUT2D eigenvalue weighted by atomic mass is 79.9. The van der Waals surface area contributed by atoms with Gasteiger partial charge in [0.05, 0.1) is 12.0 Å². The van der Waals surface area contributed by atoms with Gasteiger partial charge in [0.1, 0.15) is 11.3 Å². The highest BCUT2D eigenvalue weighted by Gasteiger charge is 2.22. The van der Waals surface area contributed by atoms with Crippen molar-refractivity contribution in [3.05, 3.63) is 22.6 Å². The molecule has 0 saturated carbocycles. The van der Waals surface area contributed by atoms with E-state index in [9.17, 15) is 0 Å². The number of halogens is 2. The van der Waals surface area contributed by atoms with Crippen LogP contribution in [0.15, 0.2) is 16.7 Å². The van der Waals surface area contributed by atoms with Crippen LogP contribution < -0.4 is 0 Å². The van der Waals surface area contributed by atoms with Crippen molar-refractivity contribution in [1.29, 1.82) is 0 Å². The van der Waals surface area contributed by atoms with Crippen LogP contribution in [0.1, 0.15) is 24.5 Å². The zero-order chi connectivity index (χ0) is 13.4. The number of hydrogen-bond acceptors (Lipinski definition) is 3. The Morgan fingerprint density at radius 3 is 3.16 bits per heavy atom. The summed E-state index contributed by atoms with van der Waals surface area (Å²) in [4.78, 5) is 9.09. The summed E-state index contributed by atoms with van der Waals surface area (Å²) in [5.74, 6) is 1.41. The van der Waals surface area contributed by atoms with Gasteiger partial charge >= 0.3 is 0 Å². The average Bonchev–Trinajstić information content (AvgIpc) is 2.97. The molecule has 1 fully saturated rings. The van der Waals surface area contributed by atoms with E-state index in [1.165, 1.54) is 0 Å². The third kappa shape index (κ3) is 2.64. The molecule has 1 aliphatic rings. The standard InChI is InChI=1S/C13H15BrClN3O/c1-8(15)12-17-11-4-10(14)5-16-13(11)18(12)6-9-2-3-19-7-9/h4-5,8-9H,2-3,6-7H2,1H3. The van der Waals surface area contributed by atoms with Gasteiger partial charge in [-0.1, -0.05) is 0 Å². The molecular weight excluding hydrogens is 330 g/mol. The van der Waals surface area contributed by atoms with Crippen molar-refractivity contribution in [3.63, 3.8) is 0 Å². The largest absolute Gasteiger partial charge is 0.381 e. The number of rotatable bonds is 3. The molecule has 4 nitrogen and oxygen atoms in total. The third-order valence-corrected chi connectivity index (χ3v) is 4.03. The van der Waals surface area contributed by atoms with E-state index < -0.39 is 0 Å². The van der Waals surface area contributed by atoms with E-state index in [0.717, 1.165) is 47.6 Å². The molecule has 19 heavy (non-hydrogen) atoms. The second-order valence-corrected chi connectivity index (χ2v) is 6.49. The zero-order valence-corrected chi connectivity index (χ0v) is 13.0. The van der Waals surface area contributed by atoms with Crippen LogP contribution in [-0.2, 0) is 11.3 Å². The molecule has 2 atom stereocenters. The van der Waals surface area contributed by atoms with Crippen molar-refractivity contribution in [1.82, 2.24) is 14.5 Å². The molecular formula is C13H15BrClN3O. The first-order valence-corrected chi connectivity index (χ1v) is 7.61. The van der Waals surface area contributed by atoms with E-state index in [2.05, 4.69) is 30.5 Å². The lowest BCUT2D eigenvalue weighted by atomic mass is 10.1. The van der Waals surface area contributed by atoms with Crippen LogP contribution in [0.25, 0.3) is 11.2 Å². The quantitative estimate of drug-likeness (QED) is 0.800. The van der Waals surface area contributed by atoms with Gasteiger partial charge in [0.25, 0.3) is 0 Å². The average molecular weight is 345 g/mol. The van der Waals surface area contributed by atoms with E-state index in [1.807, 2.05) is 13.0 Å². The number of pyridine rings is 1. The smallest absolute Gasteiger partial charge is 0.160 e. The molecule has 1 saturated heterocycles. The van der Waals surface area contributed by atoms with Crippen molar-refractivity contribution in [2.75, 3.05) is 13.2 Å². The van der Waals surface area contributed by atoms with Crippen LogP contribution in [0.3, 0.4) is 0 Å². The highest BCUT2D eigenvalue weighted by molar-refractivity contribution is 9.10. The monoisotopic (exact) mass is 343 g/mol. The predicted molar refractivity (Wildman–Crippen MR) is 78.4 cm³/mol. The second kappa shape index (κ2) is 5.38. The molecule has 3 rings (SSSR count). The van der Waals surface area contributed by atoms with E-state index >= 15 is 0 Å². The van der Waals surface area contributed by atoms with E-state index in [1.54, 1.807) is 6.20 Å². The minimum atomic E-state index is -0.129. The van der Waals surface area contributed by atoms with Crippen molar-refractivity contribution in [3.8, 4) is 0 Å². The summed E-state index contributed by atoms with van der Waals surface area (Å²) in [5.41, 5.74) is 1.79. The van der Waals surface area contributed by atoms with Crippen LogP contribution >= 0.6 is 27.5 Å². The Bertz CT molecular complexity index is 593. The van der Waals surface area contributed by atoms with Gasteiger partial charge in [0, 0.05) is 29.7 Å². The summed E-state index contributed by atoms with van der Waals surface area (Å²) in [7, 11) is 0. The van der Waals surface area contributed by atoms with Gasteiger partial charge in [-0.2, -0.15) is 0 Å². The minimum Gasteiger partial charge on any atom is -0.381 e. The molecule has 3 heterocycles. The Morgan fingerprint density at radius 1 is 1.63 bits per heavy atom. The van der Waals surface area contributed by atoms with Crippen molar-refractivity contribution >= 4 is 38.7 Å². The number of aromatic nitrogens is 3. The van der Waals surface area contributed by atoms with Crippen LogP contribution in [0.4, 0.5) is 0 Å². The molecule has 2 aromatic rings. The van der Waals surface area contributed by atoms with E-state index in [4.69, 9.17) is 16.3 Å². The molecule has 6 heteroatoms. The molecule has 0 spiro atoms. The first kappa shape index (κ1) is 13.3. The van der Waals surface area contributed by atoms with Crippen molar-refractivity contribution in [2.45, 2.75) is 25.3 Å². The fourth-order valence-corrected chi connectivity index (χ4v) is 2.96. The molecule has 0 N–H and O–H groups in total. The highest BCUT2D eigenvalue weighted by Crippen LogP contribution is 2.27. The molecule has 0 bridgehead atoms. The molecule has 0 radical (unpaired) electrons. The number of fused-ring (bicyclic) bond motifs is 1. The Kier molecular flexibility index (Phi) is 3.78. The lowest BCUT2D eigenvalue weighted by Crippen LogP contribution is -2.14. The van der Waals surface area contributed by atoms with Crippen LogP contribution in [0.2, 0.25) is 0 Å². The second-order valence-electron chi connectivity index (χ2n) is 4.92. The number of imidazole rings is 1. The fraction of sp³-hybridized carbons (Fsp3) is 0.538. The van der Waals surface area contributed by atoms with E-state index in [0.29, 0.717) is 5.92 Å². The fourth-order valence-electron chi connectivity index (χ4n) is 2.47. The third-order valence-electron chi connectivity index (χ3n) is 3.40. The number of alkyl halides is 1. The van der Waals surface area contributed by atoms with Crippen molar-refractivity contribution in [2.24, 2.45) is 5.92 Å². The van der Waals surface area contributed by atoms with Crippen molar-refractivity contribution < 1.29 is 4.74 Å². The lowest BCUT2D eigenvalue weighted by molar-refractivity contribution is 0.182. The SMILES string of the molecule is CC(Cl)c1nc2cc(Br)cnc2n1CC1CCOC1. The maximum atomic E-state index is 6.25. The summed E-state index contributed by atoms with van der Waals surface area (Å²) in [6, 6.07) is 1.98. The van der Waals surface area contributed by atoms with Gasteiger partial charge in [-0.15, -0.1) is 11.6 Å². The normalized spacial score (nSPS) is 21.1. The van der Waals surface area contributed by atoms with Gasteiger partial charge in [-0.05, 0) is 35.3 Å². The first-order chi connectivity index (χ1) is 9.15. The maximum Gasteiger partial charge on any atom is 0.160 e. The Morgan fingerprint density at radius 2 is 2.47 bits per heavy atom. The minimum absolute atomic E-state index is 0.129. The van der Waals surface area contributed by atoms with Crippen LogP contribution in [0.5, 0.6) is 0 Å². The molecule has 2 aromatic heterocycles. The molecule has 0 aliphatic carbocycles.